The molecule has 2 rings (SSSR count). The molecule has 0 aliphatic carbocycles. The summed E-state index contributed by atoms with van der Waals surface area (Å²) < 4.78 is 5.69. The van der Waals surface area contributed by atoms with E-state index in [1.54, 1.807) is 32.2 Å². The zero-order valence-electron chi connectivity index (χ0n) is 11.6. The summed E-state index contributed by atoms with van der Waals surface area (Å²) in [4.78, 5) is 7.33. The number of H-pyrrole nitrogens is 1. The number of nitrogens with one attached hydrogen (secondary N) is 1. The summed E-state index contributed by atoms with van der Waals surface area (Å²) in [6.07, 6.45) is 7.38. The quantitative estimate of drug-likeness (QED) is 0.818. The number of hydrogen-bond donors (Lipinski definition) is 2. The molecule has 0 saturated carbocycles. The van der Waals surface area contributed by atoms with Crippen molar-refractivity contribution in [1.29, 1.82) is 5.26 Å². The van der Waals surface area contributed by atoms with Crippen LogP contribution in [0.15, 0.2) is 30.6 Å². The zero-order valence-corrected chi connectivity index (χ0v) is 11.6. The summed E-state index contributed by atoms with van der Waals surface area (Å²) in [5.41, 5.74) is 0.844. The molecular weight excluding hydrogens is 254 g/mol. The first kappa shape index (κ1) is 14.1. The lowest BCUT2D eigenvalue weighted by molar-refractivity contribution is 0.0290. The molecule has 0 saturated heterocycles. The average molecular weight is 271 g/mol. The topological polar surface area (TPSA) is 81.9 Å². The van der Waals surface area contributed by atoms with Crippen LogP contribution in [0.2, 0.25) is 0 Å². The van der Waals surface area contributed by atoms with Crippen molar-refractivity contribution in [3.8, 4) is 11.8 Å². The molecule has 0 aliphatic rings. The molecule has 20 heavy (non-hydrogen) atoms. The Morgan fingerprint density at radius 2 is 2.35 bits per heavy atom. The van der Waals surface area contributed by atoms with E-state index in [-0.39, 0.29) is 6.61 Å². The average Bonchev–Trinajstić information content (AvgIpc) is 2.80. The van der Waals surface area contributed by atoms with Gasteiger partial charge in [0.05, 0.1) is 17.1 Å². The van der Waals surface area contributed by atoms with E-state index in [9.17, 15) is 5.11 Å². The van der Waals surface area contributed by atoms with Crippen LogP contribution in [0.25, 0.3) is 11.0 Å². The summed E-state index contributed by atoms with van der Waals surface area (Å²) in [6.45, 7) is 3.59. The van der Waals surface area contributed by atoms with E-state index in [4.69, 9.17) is 10.00 Å². The number of rotatable bonds is 5. The Bertz CT molecular complexity index is 660. The number of pyridine rings is 1. The van der Waals surface area contributed by atoms with Gasteiger partial charge in [-0.25, -0.2) is 4.98 Å². The fourth-order valence-electron chi connectivity index (χ4n) is 1.87. The predicted octanol–water partition coefficient (Wildman–Crippen LogP) is 2.33. The number of allylic oxidation sites excluding steroid dienone is 2. The maximum Gasteiger partial charge on any atom is 0.141 e. The van der Waals surface area contributed by atoms with Crippen molar-refractivity contribution in [2.45, 2.75) is 25.9 Å². The molecule has 0 fully saturated rings. The number of ether oxygens (including phenoxy) is 1. The number of aromatic nitrogens is 2. The lowest BCUT2D eigenvalue weighted by Gasteiger charge is -2.18. The van der Waals surface area contributed by atoms with Gasteiger partial charge in [0.25, 0.3) is 0 Å². The molecule has 0 spiro atoms. The van der Waals surface area contributed by atoms with Crippen molar-refractivity contribution in [1.82, 2.24) is 9.97 Å². The van der Waals surface area contributed by atoms with Gasteiger partial charge in [-0.2, -0.15) is 5.26 Å². The molecule has 5 heteroatoms. The third kappa shape index (κ3) is 3.37. The van der Waals surface area contributed by atoms with Crippen LogP contribution in [0.4, 0.5) is 0 Å². The number of nitrogens with zero attached hydrogens (tertiary/aromatic N) is 2. The van der Waals surface area contributed by atoms with Crippen LogP contribution in [0.5, 0.6) is 5.75 Å². The van der Waals surface area contributed by atoms with Gasteiger partial charge in [0.1, 0.15) is 18.0 Å². The van der Waals surface area contributed by atoms with Crippen LogP contribution in [-0.4, -0.2) is 27.3 Å². The monoisotopic (exact) mass is 271 g/mol. The van der Waals surface area contributed by atoms with Crippen LogP contribution in [-0.2, 0) is 6.42 Å². The second kappa shape index (κ2) is 5.76. The van der Waals surface area contributed by atoms with E-state index in [1.807, 2.05) is 12.3 Å². The Balaban J connectivity index is 2.32. The first-order chi connectivity index (χ1) is 9.51. The van der Waals surface area contributed by atoms with Gasteiger partial charge in [0.15, 0.2) is 0 Å². The number of fused-ring (bicyclic) bond motifs is 1. The Hall–Kier alpha value is -2.32. The van der Waals surface area contributed by atoms with Crippen molar-refractivity contribution in [3.63, 3.8) is 0 Å². The van der Waals surface area contributed by atoms with Gasteiger partial charge < -0.3 is 14.8 Å². The molecule has 104 valence electrons. The standard InChI is InChI=1S/C15H17N3O2/c1-15(2,19)10-20-12-6-8-17-14-13(12)11(9-18-14)5-3-4-7-16/h3-4,6,8-9,19H,5,10H2,1-2H3,(H,17,18)/b4-3+. The number of hydrogen-bond acceptors (Lipinski definition) is 4. The minimum Gasteiger partial charge on any atom is -0.490 e. The Morgan fingerprint density at radius 1 is 1.55 bits per heavy atom. The largest absolute Gasteiger partial charge is 0.490 e. The minimum atomic E-state index is -0.896. The fourth-order valence-corrected chi connectivity index (χ4v) is 1.87. The Kier molecular flexibility index (Phi) is 4.06. The molecule has 0 radical (unpaired) electrons. The van der Waals surface area contributed by atoms with Gasteiger partial charge in [0.2, 0.25) is 0 Å². The third-order valence-electron chi connectivity index (χ3n) is 2.73. The molecule has 0 aromatic carbocycles. The van der Waals surface area contributed by atoms with E-state index in [1.165, 1.54) is 6.08 Å². The molecule has 2 heterocycles. The van der Waals surface area contributed by atoms with Crippen molar-refractivity contribution in [2.24, 2.45) is 0 Å². The summed E-state index contributed by atoms with van der Waals surface area (Å²) in [6, 6.07) is 3.74. The fraction of sp³-hybridized carbons (Fsp3) is 0.333. The van der Waals surface area contributed by atoms with Gasteiger partial charge >= 0.3 is 0 Å². The summed E-state index contributed by atoms with van der Waals surface area (Å²) in [7, 11) is 0. The lowest BCUT2D eigenvalue weighted by atomic mass is 10.1. The highest BCUT2D eigenvalue weighted by Gasteiger charge is 2.16. The predicted molar refractivity (Wildman–Crippen MR) is 76.3 cm³/mol. The normalized spacial score (nSPS) is 11.9. The van der Waals surface area contributed by atoms with E-state index in [0.717, 1.165) is 16.6 Å². The first-order valence-electron chi connectivity index (χ1n) is 6.36. The highest BCUT2D eigenvalue weighted by molar-refractivity contribution is 5.86. The SMILES string of the molecule is CC(C)(O)COc1ccnc2[nH]cc(C/C=C/C#N)c12. The Morgan fingerprint density at radius 3 is 3.05 bits per heavy atom. The maximum atomic E-state index is 9.75. The van der Waals surface area contributed by atoms with E-state index >= 15 is 0 Å². The van der Waals surface area contributed by atoms with Gasteiger partial charge in [-0.1, -0.05) is 6.08 Å². The van der Waals surface area contributed by atoms with Crippen molar-refractivity contribution >= 4 is 11.0 Å². The van der Waals surface area contributed by atoms with Gasteiger partial charge in [-0.15, -0.1) is 0 Å². The highest BCUT2D eigenvalue weighted by Crippen LogP contribution is 2.28. The van der Waals surface area contributed by atoms with Crippen LogP contribution in [0, 0.1) is 11.3 Å². The second-order valence-corrected chi connectivity index (χ2v) is 5.18. The third-order valence-corrected chi connectivity index (χ3v) is 2.73. The van der Waals surface area contributed by atoms with Gasteiger partial charge in [0, 0.05) is 18.5 Å². The van der Waals surface area contributed by atoms with E-state index < -0.39 is 5.60 Å². The molecule has 5 nitrogen and oxygen atoms in total. The molecule has 0 atom stereocenters. The van der Waals surface area contributed by atoms with E-state index in [2.05, 4.69) is 9.97 Å². The van der Waals surface area contributed by atoms with Crippen LogP contribution >= 0.6 is 0 Å². The lowest BCUT2D eigenvalue weighted by Crippen LogP contribution is -2.27. The van der Waals surface area contributed by atoms with Crippen LogP contribution in [0.3, 0.4) is 0 Å². The molecule has 0 bridgehead atoms. The summed E-state index contributed by atoms with van der Waals surface area (Å²) in [5.74, 6) is 0.679. The van der Waals surface area contributed by atoms with Crippen LogP contribution < -0.4 is 4.74 Å². The van der Waals surface area contributed by atoms with Gasteiger partial charge in [-0.05, 0) is 31.9 Å². The number of aliphatic hydroxyl groups is 1. The second-order valence-electron chi connectivity index (χ2n) is 5.18. The molecule has 2 aromatic heterocycles. The minimum absolute atomic E-state index is 0.199. The summed E-state index contributed by atoms with van der Waals surface area (Å²) >= 11 is 0. The zero-order chi connectivity index (χ0) is 14.6. The van der Waals surface area contributed by atoms with Crippen molar-refractivity contribution in [2.75, 3.05) is 6.61 Å². The first-order valence-corrected chi connectivity index (χ1v) is 6.36. The van der Waals surface area contributed by atoms with Gasteiger partial charge in [-0.3, -0.25) is 0 Å². The van der Waals surface area contributed by atoms with E-state index in [0.29, 0.717) is 12.2 Å². The Labute approximate surface area is 117 Å². The van der Waals surface area contributed by atoms with Crippen molar-refractivity contribution in [3.05, 3.63) is 36.2 Å². The smallest absolute Gasteiger partial charge is 0.141 e. The highest BCUT2D eigenvalue weighted by atomic mass is 16.5. The summed E-state index contributed by atoms with van der Waals surface area (Å²) in [5, 5.41) is 19.2. The molecule has 0 unspecified atom stereocenters. The molecular formula is C15H17N3O2. The van der Waals surface area contributed by atoms with Crippen molar-refractivity contribution < 1.29 is 9.84 Å². The molecule has 0 amide bonds. The molecule has 0 aliphatic heterocycles. The number of aromatic amines is 1. The maximum absolute atomic E-state index is 9.75. The number of nitriles is 1. The molecule has 2 N–H and O–H groups in total. The molecule has 2 aromatic rings. The van der Waals surface area contributed by atoms with Crippen LogP contribution in [0.1, 0.15) is 19.4 Å².